The van der Waals surface area contributed by atoms with Gasteiger partial charge in [0, 0.05) is 10.9 Å². The third kappa shape index (κ3) is 3.39. The number of para-hydroxylation sites is 4. The highest BCUT2D eigenvalue weighted by molar-refractivity contribution is 9.12. The minimum absolute atomic E-state index is 0.527. The topological polar surface area (TPSA) is 52.1 Å². The second-order valence-electron chi connectivity index (χ2n) is 5.68. The summed E-state index contributed by atoms with van der Waals surface area (Å²) in [7, 11) is 0. The van der Waals surface area contributed by atoms with Crippen LogP contribution in [0.2, 0.25) is 0 Å². The van der Waals surface area contributed by atoms with Crippen molar-refractivity contribution in [1.82, 2.24) is 9.97 Å². The Morgan fingerprint density at radius 2 is 1.62 bits per heavy atom. The van der Waals surface area contributed by atoms with E-state index >= 15 is 0 Å². The van der Waals surface area contributed by atoms with Crippen LogP contribution in [0.3, 0.4) is 0 Å². The van der Waals surface area contributed by atoms with E-state index in [1.807, 2.05) is 66.8 Å². The molecular formula is C21H15BrN2O2. The molecule has 2 heterocycles. The van der Waals surface area contributed by atoms with E-state index in [2.05, 4.69) is 32.5 Å². The third-order valence-corrected chi connectivity index (χ3v) is 4.27. The quantitative estimate of drug-likeness (QED) is 0.378. The highest BCUT2D eigenvalue weighted by Crippen LogP contribution is 2.28. The Labute approximate surface area is 158 Å². The summed E-state index contributed by atoms with van der Waals surface area (Å²) < 4.78 is 12.2. The summed E-state index contributed by atoms with van der Waals surface area (Å²) in [6.07, 6.45) is 6.40. The van der Waals surface area contributed by atoms with Gasteiger partial charge in [-0.15, -0.1) is 0 Å². The Morgan fingerprint density at radius 3 is 2.27 bits per heavy atom. The van der Waals surface area contributed by atoms with Crippen molar-refractivity contribution in [2.45, 2.75) is 6.42 Å². The summed E-state index contributed by atoms with van der Waals surface area (Å²) in [6, 6.07) is 15.4. The zero-order chi connectivity index (χ0) is 17.9. The first-order chi connectivity index (χ1) is 12.7. The van der Waals surface area contributed by atoms with Gasteiger partial charge in [-0.3, -0.25) is 0 Å². The number of hydrogen-bond donors (Lipinski definition) is 0. The second-order valence-corrected chi connectivity index (χ2v) is 6.64. The summed E-state index contributed by atoms with van der Waals surface area (Å²) in [6.45, 7) is 3.95. The van der Waals surface area contributed by atoms with Crippen molar-refractivity contribution in [1.29, 1.82) is 0 Å². The molecular weight excluding hydrogens is 392 g/mol. The molecule has 5 heteroatoms. The molecule has 0 aliphatic heterocycles. The average molecular weight is 407 g/mol. The van der Waals surface area contributed by atoms with Crippen molar-refractivity contribution < 1.29 is 8.83 Å². The van der Waals surface area contributed by atoms with E-state index in [1.165, 1.54) is 0 Å². The van der Waals surface area contributed by atoms with Crippen LogP contribution in [0.4, 0.5) is 0 Å². The predicted molar refractivity (Wildman–Crippen MR) is 107 cm³/mol. The van der Waals surface area contributed by atoms with Gasteiger partial charge >= 0.3 is 0 Å². The van der Waals surface area contributed by atoms with Gasteiger partial charge in [-0.25, -0.2) is 9.97 Å². The van der Waals surface area contributed by atoms with Crippen LogP contribution in [0.1, 0.15) is 11.8 Å². The summed E-state index contributed by atoms with van der Waals surface area (Å²) in [5.41, 5.74) is 4.02. The fourth-order valence-electron chi connectivity index (χ4n) is 2.61. The van der Waals surface area contributed by atoms with Gasteiger partial charge in [0.15, 0.2) is 17.1 Å². The Morgan fingerprint density at radius 1 is 0.962 bits per heavy atom. The SMILES string of the molecule is C=C(Br)/C(=C\C=C/Cc1nc2ccccc2o1)c1nc2ccccc2o1. The number of benzene rings is 2. The van der Waals surface area contributed by atoms with Crippen LogP contribution in [0.5, 0.6) is 0 Å². The van der Waals surface area contributed by atoms with Crippen molar-refractivity contribution in [3.63, 3.8) is 0 Å². The molecule has 0 spiro atoms. The Kier molecular flexibility index (Phi) is 4.54. The first-order valence-electron chi connectivity index (χ1n) is 8.13. The van der Waals surface area contributed by atoms with Gasteiger partial charge < -0.3 is 8.83 Å². The van der Waals surface area contributed by atoms with E-state index in [-0.39, 0.29) is 0 Å². The lowest BCUT2D eigenvalue weighted by molar-refractivity contribution is 0.547. The fourth-order valence-corrected chi connectivity index (χ4v) is 2.91. The van der Waals surface area contributed by atoms with E-state index in [9.17, 15) is 0 Å². The van der Waals surface area contributed by atoms with Crippen LogP contribution >= 0.6 is 15.9 Å². The van der Waals surface area contributed by atoms with Gasteiger partial charge in [0.1, 0.15) is 11.0 Å². The first kappa shape index (κ1) is 16.5. The van der Waals surface area contributed by atoms with Gasteiger partial charge in [0.2, 0.25) is 5.89 Å². The largest absolute Gasteiger partial charge is 0.440 e. The van der Waals surface area contributed by atoms with Gasteiger partial charge in [-0.05, 0) is 30.3 Å². The van der Waals surface area contributed by atoms with Crippen LogP contribution in [0.25, 0.3) is 27.8 Å². The summed E-state index contributed by atoms with van der Waals surface area (Å²) in [5.74, 6) is 1.21. The lowest BCUT2D eigenvalue weighted by Crippen LogP contribution is -1.83. The monoisotopic (exact) mass is 406 g/mol. The maximum absolute atomic E-state index is 5.81. The molecule has 0 aliphatic rings. The number of allylic oxidation sites excluding steroid dienone is 5. The molecule has 0 saturated heterocycles. The maximum atomic E-state index is 5.81. The predicted octanol–water partition coefficient (Wildman–Crippen LogP) is 6.06. The second kappa shape index (κ2) is 7.14. The molecule has 4 nitrogen and oxygen atoms in total. The molecule has 128 valence electrons. The summed E-state index contributed by atoms with van der Waals surface area (Å²) in [5, 5.41) is 0. The van der Waals surface area contributed by atoms with Gasteiger partial charge in [0.05, 0.1) is 5.57 Å². The number of halogens is 1. The number of oxazole rings is 2. The molecule has 0 fully saturated rings. The van der Waals surface area contributed by atoms with Gasteiger partial charge in [-0.1, -0.05) is 58.9 Å². The summed E-state index contributed by atoms with van der Waals surface area (Å²) in [4.78, 5) is 8.96. The normalized spacial score (nSPS) is 12.4. The van der Waals surface area contributed by atoms with Crippen LogP contribution in [-0.4, -0.2) is 9.97 Å². The number of hydrogen-bond acceptors (Lipinski definition) is 4. The Hall–Kier alpha value is -2.92. The first-order valence-corrected chi connectivity index (χ1v) is 8.92. The number of rotatable bonds is 5. The molecule has 2 aromatic heterocycles. The number of aromatic nitrogens is 2. The van der Waals surface area contributed by atoms with E-state index in [0.717, 1.165) is 27.8 Å². The Balaban J connectivity index is 1.55. The molecule has 0 aliphatic carbocycles. The molecule has 0 radical (unpaired) electrons. The standard InChI is InChI=1S/C21H15BrN2O2/c1-14(22)15(21-24-17-10-4-6-12-19(17)26-21)8-2-7-13-20-23-16-9-3-5-11-18(16)25-20/h2-12H,1,13H2/b7-2-,15-8+. The van der Waals surface area contributed by atoms with E-state index in [1.54, 1.807) is 0 Å². The number of nitrogens with zero attached hydrogens (tertiary/aromatic N) is 2. The molecule has 26 heavy (non-hydrogen) atoms. The van der Waals surface area contributed by atoms with Crippen LogP contribution < -0.4 is 0 Å². The average Bonchev–Trinajstić information content (AvgIpc) is 3.24. The van der Waals surface area contributed by atoms with Crippen LogP contribution in [0.15, 0.2) is 86.7 Å². The number of fused-ring (bicyclic) bond motifs is 2. The minimum atomic E-state index is 0.527. The van der Waals surface area contributed by atoms with Crippen molar-refractivity contribution in [2.24, 2.45) is 0 Å². The highest BCUT2D eigenvalue weighted by Gasteiger charge is 2.11. The molecule has 0 N–H and O–H groups in total. The highest BCUT2D eigenvalue weighted by atomic mass is 79.9. The van der Waals surface area contributed by atoms with Gasteiger partial charge in [0.25, 0.3) is 0 Å². The van der Waals surface area contributed by atoms with E-state index in [0.29, 0.717) is 22.7 Å². The Bertz CT molecular complexity index is 1080. The summed E-state index contributed by atoms with van der Waals surface area (Å²) >= 11 is 3.43. The fraction of sp³-hybridized carbons (Fsp3) is 0.0476. The minimum Gasteiger partial charge on any atom is -0.440 e. The molecule has 0 bridgehead atoms. The third-order valence-electron chi connectivity index (χ3n) is 3.85. The van der Waals surface area contributed by atoms with Crippen molar-refractivity contribution in [2.75, 3.05) is 0 Å². The lowest BCUT2D eigenvalue weighted by Gasteiger charge is -1.98. The zero-order valence-electron chi connectivity index (χ0n) is 13.9. The van der Waals surface area contributed by atoms with E-state index in [4.69, 9.17) is 8.83 Å². The van der Waals surface area contributed by atoms with Crippen molar-refractivity contribution in [3.8, 4) is 0 Å². The lowest BCUT2D eigenvalue weighted by atomic mass is 10.2. The van der Waals surface area contributed by atoms with Crippen LogP contribution in [0, 0.1) is 0 Å². The molecule has 4 rings (SSSR count). The molecule has 0 unspecified atom stereocenters. The smallest absolute Gasteiger partial charge is 0.228 e. The molecule has 4 aromatic rings. The molecule has 0 amide bonds. The van der Waals surface area contributed by atoms with Crippen LogP contribution in [-0.2, 0) is 6.42 Å². The molecule has 2 aromatic carbocycles. The maximum Gasteiger partial charge on any atom is 0.228 e. The van der Waals surface area contributed by atoms with E-state index < -0.39 is 0 Å². The molecule has 0 saturated carbocycles. The van der Waals surface area contributed by atoms with Crippen molar-refractivity contribution >= 4 is 43.7 Å². The van der Waals surface area contributed by atoms with Crippen molar-refractivity contribution in [3.05, 3.63) is 89.6 Å². The molecule has 0 atom stereocenters. The van der Waals surface area contributed by atoms with Gasteiger partial charge in [-0.2, -0.15) is 0 Å². The zero-order valence-corrected chi connectivity index (χ0v) is 15.4.